The van der Waals surface area contributed by atoms with Crippen molar-refractivity contribution in [2.75, 3.05) is 0 Å². The number of hydrogen-bond donors (Lipinski definition) is 2. The second-order valence-corrected chi connectivity index (χ2v) is 22.5. The van der Waals surface area contributed by atoms with Crippen LogP contribution in [-0.4, -0.2) is 19.9 Å². The predicted octanol–water partition coefficient (Wildman–Crippen LogP) is 21.4. The number of rotatable bonds is 4. The predicted molar refractivity (Wildman–Crippen MR) is 359 cm³/mol. The van der Waals surface area contributed by atoms with Crippen LogP contribution in [0.3, 0.4) is 0 Å². The molecule has 0 saturated heterocycles. The zero-order valence-corrected chi connectivity index (χ0v) is 46.8. The molecule has 8 nitrogen and oxygen atoms in total. The molecule has 0 fully saturated rings. The van der Waals surface area contributed by atoms with E-state index in [1.165, 1.54) is 0 Å². The SMILES string of the molecule is [C-]#[N+]c1ccc(-c2c3nc(c(-c4ccc(C#N)cc4)c4[nH]c(c(-c5ccc(C#N)cc5)c5nc(c(-c6ccc([N+]#[C-])cc6)c6[nH]c2c2cc7ccccc7cc62)-c2cc6ccccc6cc2-5)c2cc5ccccc5cc42)-c2cc4ccccc4cc2-3)cc1. The van der Waals surface area contributed by atoms with Gasteiger partial charge in [0.2, 0.25) is 0 Å². The normalized spacial score (nSPS) is 11.6. The zero-order chi connectivity index (χ0) is 58.7. The van der Waals surface area contributed by atoms with Crippen molar-refractivity contribution in [3.05, 3.63) is 277 Å². The molecule has 8 bridgehead atoms. The lowest BCUT2D eigenvalue weighted by Gasteiger charge is -2.11. The fraction of sp³-hybridized carbons (Fsp3) is 0. The van der Waals surface area contributed by atoms with E-state index in [0.29, 0.717) is 22.5 Å². The summed E-state index contributed by atoms with van der Waals surface area (Å²) in [5, 5.41) is 32.8. The van der Waals surface area contributed by atoms with Gasteiger partial charge in [0, 0.05) is 66.1 Å². The quantitative estimate of drug-likeness (QED) is 0.171. The highest BCUT2D eigenvalue weighted by atomic mass is 14.8. The molecule has 4 heterocycles. The molecule has 3 aliphatic rings. The minimum atomic E-state index is 0.513. The molecule has 17 rings (SSSR count). The number of benzene rings is 12. The molecule has 88 heavy (non-hydrogen) atoms. The van der Waals surface area contributed by atoms with Crippen molar-refractivity contribution in [3.63, 3.8) is 0 Å². The van der Waals surface area contributed by atoms with E-state index in [1.807, 2.05) is 97.1 Å². The summed E-state index contributed by atoms with van der Waals surface area (Å²) in [6.45, 7) is 16.2. The Balaban J connectivity index is 1.22. The van der Waals surface area contributed by atoms with Crippen LogP contribution in [0.15, 0.2) is 243 Å². The van der Waals surface area contributed by atoms with Gasteiger partial charge in [-0.25, -0.2) is 19.7 Å². The maximum absolute atomic E-state index is 10.3. The molecule has 8 heteroatoms. The topological polar surface area (TPSA) is 114 Å². The Bertz CT molecular complexity index is 5220. The first-order chi connectivity index (χ1) is 43.4. The first-order valence-corrected chi connectivity index (χ1v) is 28.9. The van der Waals surface area contributed by atoms with Crippen LogP contribution in [0.5, 0.6) is 0 Å². The van der Waals surface area contributed by atoms with E-state index in [-0.39, 0.29) is 0 Å². The third kappa shape index (κ3) is 7.68. The van der Waals surface area contributed by atoms with Gasteiger partial charge < -0.3 is 9.97 Å². The van der Waals surface area contributed by atoms with Crippen LogP contribution in [0.1, 0.15) is 11.1 Å². The summed E-state index contributed by atoms with van der Waals surface area (Å²) < 4.78 is 0. The average molecular weight is 1120 g/mol. The van der Waals surface area contributed by atoms with Crippen LogP contribution in [0, 0.1) is 35.8 Å². The van der Waals surface area contributed by atoms with Gasteiger partial charge in [0.15, 0.2) is 11.4 Å². The van der Waals surface area contributed by atoms with Crippen LogP contribution in [0.4, 0.5) is 11.4 Å². The summed E-state index contributed by atoms with van der Waals surface area (Å²) in [4.78, 5) is 28.3. The zero-order valence-electron chi connectivity index (χ0n) is 46.8. The number of nitrogens with zero attached hydrogens (tertiary/aromatic N) is 6. The smallest absolute Gasteiger partial charge is 0.187 e. The maximum Gasteiger partial charge on any atom is 0.187 e. The van der Waals surface area contributed by atoms with E-state index in [1.54, 1.807) is 0 Å². The van der Waals surface area contributed by atoms with E-state index in [9.17, 15) is 10.5 Å². The van der Waals surface area contributed by atoms with Crippen molar-refractivity contribution in [1.29, 1.82) is 10.5 Å². The molecule has 1 aliphatic carbocycles. The van der Waals surface area contributed by atoms with Crippen molar-refractivity contribution in [2.24, 2.45) is 0 Å². The first kappa shape index (κ1) is 49.9. The first-order valence-electron chi connectivity index (χ1n) is 28.9. The van der Waals surface area contributed by atoms with Gasteiger partial charge in [0.1, 0.15) is 0 Å². The Morgan fingerprint density at radius 3 is 0.750 bits per heavy atom. The Hall–Kier alpha value is -12.7. The molecule has 0 amide bonds. The minimum absolute atomic E-state index is 0.513. The Morgan fingerprint density at radius 1 is 0.295 bits per heavy atom. The van der Waals surface area contributed by atoms with Crippen molar-refractivity contribution >= 4 is 98.1 Å². The molecule has 0 radical (unpaired) electrons. The lowest BCUT2D eigenvalue weighted by atomic mass is 9.91. The molecule has 0 atom stereocenters. The van der Waals surface area contributed by atoms with Gasteiger partial charge in [-0.3, -0.25) is 0 Å². The van der Waals surface area contributed by atoms with Crippen LogP contribution in [0.2, 0.25) is 0 Å². The minimum Gasteiger partial charge on any atom is -0.353 e. The molecule has 2 aliphatic heterocycles. The summed E-state index contributed by atoms with van der Waals surface area (Å²) in [5.41, 5.74) is 18.6. The third-order valence-corrected chi connectivity index (χ3v) is 17.7. The molecule has 2 N–H and O–H groups in total. The fourth-order valence-electron chi connectivity index (χ4n) is 13.5. The lowest BCUT2D eigenvalue weighted by Crippen LogP contribution is -1.88. The summed E-state index contributed by atoms with van der Waals surface area (Å²) in [6, 6.07) is 88.0. The molecule has 2 aromatic heterocycles. The highest BCUT2D eigenvalue weighted by Crippen LogP contribution is 2.54. The monoisotopic (exact) mass is 1110 g/mol. The van der Waals surface area contributed by atoms with Crippen molar-refractivity contribution < 1.29 is 0 Å². The van der Waals surface area contributed by atoms with Gasteiger partial charge in [-0.15, -0.1) is 0 Å². The Kier molecular flexibility index (Phi) is 11.0. The van der Waals surface area contributed by atoms with Gasteiger partial charge in [-0.2, -0.15) is 10.5 Å². The molecule has 0 saturated carbocycles. The number of aromatic amines is 2. The molecular formula is C80H42N8. The number of hydrogen-bond acceptors (Lipinski definition) is 4. The van der Waals surface area contributed by atoms with Crippen LogP contribution in [-0.2, 0) is 0 Å². The molecular weight excluding hydrogens is 1070 g/mol. The second-order valence-electron chi connectivity index (χ2n) is 22.5. The third-order valence-electron chi connectivity index (χ3n) is 17.7. The highest BCUT2D eigenvalue weighted by molar-refractivity contribution is 6.25. The number of fused-ring (bicyclic) bond motifs is 4. The number of nitrogens with one attached hydrogen (secondary N) is 2. The van der Waals surface area contributed by atoms with Gasteiger partial charge in [-0.1, -0.05) is 170 Å². The highest BCUT2D eigenvalue weighted by Gasteiger charge is 2.31. The molecule has 0 unspecified atom stereocenters. The summed E-state index contributed by atoms with van der Waals surface area (Å²) in [5.74, 6) is 0. The number of H-pyrrole nitrogens is 2. The average Bonchev–Trinajstić information content (AvgIpc) is 1.70. The van der Waals surface area contributed by atoms with Crippen molar-refractivity contribution in [1.82, 2.24) is 19.9 Å². The van der Waals surface area contributed by atoms with Gasteiger partial charge in [0.05, 0.1) is 81.3 Å². The van der Waals surface area contributed by atoms with Crippen molar-refractivity contribution in [2.45, 2.75) is 0 Å². The summed E-state index contributed by atoms with van der Waals surface area (Å²) >= 11 is 0. The summed E-state index contributed by atoms with van der Waals surface area (Å²) in [7, 11) is 0. The van der Waals surface area contributed by atoms with E-state index >= 15 is 0 Å². The number of aromatic nitrogens is 4. The summed E-state index contributed by atoms with van der Waals surface area (Å²) in [6.07, 6.45) is 0. The Labute approximate surface area is 504 Å². The van der Waals surface area contributed by atoms with E-state index < -0.39 is 0 Å². The Morgan fingerprint density at radius 2 is 0.523 bits per heavy atom. The van der Waals surface area contributed by atoms with E-state index in [4.69, 9.17) is 23.1 Å². The molecule has 402 valence electrons. The van der Waals surface area contributed by atoms with Gasteiger partial charge in [0.25, 0.3) is 0 Å². The fourth-order valence-corrected chi connectivity index (χ4v) is 13.5. The van der Waals surface area contributed by atoms with Crippen LogP contribution >= 0.6 is 0 Å². The van der Waals surface area contributed by atoms with Gasteiger partial charge >= 0.3 is 0 Å². The van der Waals surface area contributed by atoms with E-state index in [0.717, 1.165) is 176 Å². The molecule has 14 aromatic rings. The molecule has 0 spiro atoms. The standard InChI is InChI=1S/C80H42N8/c1-83-59-31-27-49(28-32-59)71-77-65-39-55-15-7-5-13-53(55)37-63(65)75(86-77)69(47-23-19-45(43-81)20-24-47)73-61-35-51-11-3-4-12-52(51)36-62(61)74(85-73)70(48-25-21-46(44-82)22-26-48)76-64-38-54-14-6-8-16-56(54)40-66(64)78(87-76)72(50-29-33-60(84-2)34-30-50)80-68-42-58-18-10-9-17-57(58)41-67(68)79(71)88-80/h3-42,85,88H. The molecule has 12 aromatic carbocycles. The maximum atomic E-state index is 10.3. The largest absolute Gasteiger partial charge is 0.353 e. The van der Waals surface area contributed by atoms with E-state index in [2.05, 4.69) is 177 Å². The van der Waals surface area contributed by atoms with Gasteiger partial charge in [-0.05, 0) is 138 Å². The lowest BCUT2D eigenvalue weighted by molar-refractivity contribution is 1.39. The van der Waals surface area contributed by atoms with Crippen LogP contribution in [0.25, 0.3) is 186 Å². The van der Waals surface area contributed by atoms with Crippen molar-refractivity contribution in [3.8, 4) is 102 Å². The van der Waals surface area contributed by atoms with Crippen LogP contribution < -0.4 is 0 Å². The number of nitriles is 2. The second kappa shape index (κ2) is 19.4.